The molecule has 1 aliphatic rings. The predicted molar refractivity (Wildman–Crippen MR) is 121 cm³/mol. The van der Waals surface area contributed by atoms with Gasteiger partial charge in [0.1, 0.15) is 19.0 Å². The van der Waals surface area contributed by atoms with Gasteiger partial charge in [-0.15, -0.1) is 0 Å². The summed E-state index contributed by atoms with van der Waals surface area (Å²) in [4.78, 5) is 13.3. The molecule has 0 aliphatic carbocycles. The summed E-state index contributed by atoms with van der Waals surface area (Å²) in [5, 5.41) is 11.4. The first-order chi connectivity index (χ1) is 15.7. The van der Waals surface area contributed by atoms with Gasteiger partial charge in [0, 0.05) is 44.9 Å². The Labute approximate surface area is 187 Å². The smallest absolute Gasteiger partial charge is 0.218 e. The number of pyridine rings is 1. The number of aliphatic imine (C=N–C) groups is 1. The van der Waals surface area contributed by atoms with E-state index >= 15 is 0 Å². The van der Waals surface area contributed by atoms with E-state index in [1.807, 2.05) is 47.1 Å². The normalized spacial score (nSPS) is 15.8. The third-order valence-electron chi connectivity index (χ3n) is 5.25. The van der Waals surface area contributed by atoms with Gasteiger partial charge in [-0.1, -0.05) is 36.4 Å². The second-order valence-corrected chi connectivity index (χ2v) is 7.61. The standard InChI is InChI=1S/C23H29N7O2/c1-24-23(27-19-10-11-21-28-20(16-31-2)29-30(21)14-19)26-13-18-9-6-12-25-22(18)32-15-17-7-4-3-5-8-17/h3-9,12,19H,10-11,13-16H2,1-2H3,(H2,24,26,27). The minimum Gasteiger partial charge on any atom is -0.473 e. The molecule has 0 amide bonds. The van der Waals surface area contributed by atoms with Gasteiger partial charge < -0.3 is 20.1 Å². The van der Waals surface area contributed by atoms with Crippen LogP contribution in [0.4, 0.5) is 0 Å². The van der Waals surface area contributed by atoms with Crippen LogP contribution in [0.1, 0.15) is 29.2 Å². The van der Waals surface area contributed by atoms with E-state index in [1.165, 1.54) is 0 Å². The maximum Gasteiger partial charge on any atom is 0.218 e. The Balaban J connectivity index is 1.32. The van der Waals surface area contributed by atoms with Crippen molar-refractivity contribution in [2.75, 3.05) is 14.2 Å². The Kier molecular flexibility index (Phi) is 7.29. The summed E-state index contributed by atoms with van der Waals surface area (Å²) in [6.07, 6.45) is 3.57. The molecular weight excluding hydrogens is 406 g/mol. The summed E-state index contributed by atoms with van der Waals surface area (Å²) in [5.41, 5.74) is 2.07. The van der Waals surface area contributed by atoms with E-state index < -0.39 is 0 Å². The Hall–Kier alpha value is -3.46. The summed E-state index contributed by atoms with van der Waals surface area (Å²) in [7, 11) is 3.42. The Morgan fingerprint density at radius 1 is 1.19 bits per heavy atom. The molecule has 0 saturated heterocycles. The Morgan fingerprint density at radius 2 is 2.06 bits per heavy atom. The predicted octanol–water partition coefficient (Wildman–Crippen LogP) is 2.08. The van der Waals surface area contributed by atoms with Crippen LogP contribution in [0.2, 0.25) is 0 Å². The maximum absolute atomic E-state index is 5.96. The van der Waals surface area contributed by atoms with Gasteiger partial charge in [0.15, 0.2) is 11.8 Å². The van der Waals surface area contributed by atoms with Crippen molar-refractivity contribution >= 4 is 5.96 Å². The van der Waals surface area contributed by atoms with Gasteiger partial charge in [-0.05, 0) is 18.1 Å². The van der Waals surface area contributed by atoms with Gasteiger partial charge in [-0.3, -0.25) is 4.99 Å². The molecule has 1 unspecified atom stereocenters. The van der Waals surface area contributed by atoms with Crippen molar-refractivity contribution in [2.45, 2.75) is 45.2 Å². The van der Waals surface area contributed by atoms with Crippen LogP contribution >= 0.6 is 0 Å². The molecule has 4 rings (SSSR count). The molecule has 0 saturated carbocycles. The summed E-state index contributed by atoms with van der Waals surface area (Å²) in [6, 6.07) is 14.2. The minimum atomic E-state index is 0.216. The van der Waals surface area contributed by atoms with Crippen molar-refractivity contribution in [3.63, 3.8) is 0 Å². The first-order valence-corrected chi connectivity index (χ1v) is 10.7. The number of ether oxygens (including phenoxy) is 2. The number of hydrogen-bond donors (Lipinski definition) is 2. The highest BCUT2D eigenvalue weighted by atomic mass is 16.5. The van der Waals surface area contributed by atoms with Crippen LogP contribution in [-0.2, 0) is 37.5 Å². The summed E-state index contributed by atoms with van der Waals surface area (Å²) in [6.45, 7) is 2.20. The second-order valence-electron chi connectivity index (χ2n) is 7.61. The lowest BCUT2D eigenvalue weighted by Crippen LogP contribution is -2.46. The first kappa shape index (κ1) is 21.8. The van der Waals surface area contributed by atoms with E-state index in [4.69, 9.17) is 9.47 Å². The highest BCUT2D eigenvalue weighted by Gasteiger charge is 2.22. The molecular formula is C23H29N7O2. The highest BCUT2D eigenvalue weighted by Crippen LogP contribution is 2.16. The zero-order chi connectivity index (χ0) is 22.2. The lowest BCUT2D eigenvalue weighted by molar-refractivity contribution is 0.177. The number of methoxy groups -OCH3 is 1. The maximum atomic E-state index is 5.96. The molecule has 1 aliphatic heterocycles. The van der Waals surface area contributed by atoms with Crippen LogP contribution < -0.4 is 15.4 Å². The molecule has 3 heterocycles. The molecule has 9 nitrogen and oxygen atoms in total. The fourth-order valence-corrected chi connectivity index (χ4v) is 3.65. The third kappa shape index (κ3) is 5.61. The molecule has 2 aromatic heterocycles. The van der Waals surface area contributed by atoms with Gasteiger partial charge in [0.2, 0.25) is 5.88 Å². The number of nitrogens with zero attached hydrogens (tertiary/aromatic N) is 5. The zero-order valence-corrected chi connectivity index (χ0v) is 18.5. The van der Waals surface area contributed by atoms with E-state index in [-0.39, 0.29) is 6.04 Å². The average molecular weight is 436 g/mol. The summed E-state index contributed by atoms with van der Waals surface area (Å²) in [5.74, 6) is 3.09. The molecule has 1 atom stereocenters. The summed E-state index contributed by atoms with van der Waals surface area (Å²) < 4.78 is 13.1. The number of aromatic nitrogens is 4. The lowest BCUT2D eigenvalue weighted by atomic mass is 10.1. The fraction of sp³-hybridized carbons (Fsp3) is 0.391. The van der Waals surface area contributed by atoms with Crippen LogP contribution in [-0.4, -0.2) is 45.9 Å². The van der Waals surface area contributed by atoms with Gasteiger partial charge in [0.05, 0.1) is 6.54 Å². The molecule has 168 valence electrons. The van der Waals surface area contributed by atoms with Crippen LogP contribution in [0, 0.1) is 0 Å². The number of nitrogens with one attached hydrogen (secondary N) is 2. The highest BCUT2D eigenvalue weighted by molar-refractivity contribution is 5.80. The van der Waals surface area contributed by atoms with Crippen LogP contribution in [0.15, 0.2) is 53.7 Å². The van der Waals surface area contributed by atoms with Crippen molar-refractivity contribution in [3.05, 3.63) is 71.4 Å². The van der Waals surface area contributed by atoms with Crippen molar-refractivity contribution in [1.29, 1.82) is 0 Å². The number of rotatable bonds is 8. The molecule has 1 aromatic carbocycles. The van der Waals surface area contributed by atoms with Gasteiger partial charge in [-0.25, -0.2) is 14.6 Å². The molecule has 9 heteroatoms. The molecule has 2 N–H and O–H groups in total. The van der Waals surface area contributed by atoms with Gasteiger partial charge in [-0.2, -0.15) is 5.10 Å². The molecule has 0 spiro atoms. The van der Waals surface area contributed by atoms with Crippen molar-refractivity contribution in [1.82, 2.24) is 30.4 Å². The zero-order valence-electron chi connectivity index (χ0n) is 18.5. The quantitative estimate of drug-likeness (QED) is 0.413. The lowest BCUT2D eigenvalue weighted by Gasteiger charge is -2.25. The van der Waals surface area contributed by atoms with Crippen LogP contribution in [0.3, 0.4) is 0 Å². The number of fused-ring (bicyclic) bond motifs is 1. The SMILES string of the molecule is CN=C(NCc1cccnc1OCc1ccccc1)NC1CCc2nc(COC)nn2C1. The topological polar surface area (TPSA) is 98.5 Å². The summed E-state index contributed by atoms with van der Waals surface area (Å²) >= 11 is 0. The molecule has 0 radical (unpaired) electrons. The first-order valence-electron chi connectivity index (χ1n) is 10.7. The van der Waals surface area contributed by atoms with Crippen LogP contribution in [0.25, 0.3) is 0 Å². The van der Waals surface area contributed by atoms with Gasteiger partial charge in [0.25, 0.3) is 0 Å². The van der Waals surface area contributed by atoms with E-state index in [1.54, 1.807) is 20.4 Å². The van der Waals surface area contributed by atoms with Crippen molar-refractivity contribution in [3.8, 4) is 5.88 Å². The van der Waals surface area contributed by atoms with Crippen LogP contribution in [0.5, 0.6) is 5.88 Å². The molecule has 3 aromatic rings. The monoisotopic (exact) mass is 435 g/mol. The molecule has 0 bridgehead atoms. The molecule has 0 fully saturated rings. The van der Waals surface area contributed by atoms with Crippen molar-refractivity contribution in [2.24, 2.45) is 4.99 Å². The number of guanidine groups is 1. The van der Waals surface area contributed by atoms with E-state index in [0.717, 1.165) is 48.1 Å². The number of aryl methyl sites for hydroxylation is 1. The third-order valence-corrected chi connectivity index (χ3v) is 5.25. The minimum absolute atomic E-state index is 0.216. The van der Waals surface area contributed by atoms with E-state index in [0.29, 0.717) is 25.6 Å². The fourth-order valence-electron chi connectivity index (χ4n) is 3.65. The average Bonchev–Trinajstić information content (AvgIpc) is 3.23. The number of benzene rings is 1. The largest absolute Gasteiger partial charge is 0.473 e. The Bertz CT molecular complexity index is 1040. The van der Waals surface area contributed by atoms with Crippen molar-refractivity contribution < 1.29 is 9.47 Å². The Morgan fingerprint density at radius 3 is 2.88 bits per heavy atom. The van der Waals surface area contributed by atoms with Gasteiger partial charge >= 0.3 is 0 Å². The number of hydrogen-bond acceptors (Lipinski definition) is 6. The molecule has 32 heavy (non-hydrogen) atoms. The van der Waals surface area contributed by atoms with E-state index in [9.17, 15) is 0 Å². The second kappa shape index (κ2) is 10.7. The van der Waals surface area contributed by atoms with E-state index in [2.05, 4.69) is 30.7 Å².